The molecule has 1 aromatic carbocycles. The number of nitrogens with one attached hydrogen (secondary N) is 1. The Morgan fingerprint density at radius 3 is 2.81 bits per heavy atom. The van der Waals surface area contributed by atoms with Crippen molar-refractivity contribution in [3.8, 4) is 0 Å². The first-order valence-electron chi connectivity index (χ1n) is 7.58. The summed E-state index contributed by atoms with van der Waals surface area (Å²) in [6, 6.07) is 3.28. The van der Waals surface area contributed by atoms with Gasteiger partial charge < -0.3 is 9.88 Å². The van der Waals surface area contributed by atoms with Gasteiger partial charge in [-0.15, -0.1) is 0 Å². The largest absolute Gasteiger partial charge is 0.417 e. The Morgan fingerprint density at radius 1 is 1.27 bits per heavy atom. The van der Waals surface area contributed by atoms with Gasteiger partial charge in [-0.3, -0.25) is 4.79 Å². The third kappa shape index (κ3) is 4.10. The van der Waals surface area contributed by atoms with Gasteiger partial charge in [0.2, 0.25) is 5.91 Å². The van der Waals surface area contributed by atoms with Gasteiger partial charge in [0, 0.05) is 13.1 Å². The van der Waals surface area contributed by atoms with E-state index in [1.165, 1.54) is 12.4 Å². The van der Waals surface area contributed by atoms with Crippen molar-refractivity contribution in [1.82, 2.24) is 24.8 Å². The average Bonchev–Trinajstić information content (AvgIpc) is 2.97. The topological polar surface area (TPSA) is 72.7 Å². The molecule has 0 aliphatic rings. The van der Waals surface area contributed by atoms with Gasteiger partial charge >= 0.3 is 6.18 Å². The van der Waals surface area contributed by atoms with E-state index in [-0.39, 0.29) is 12.3 Å². The van der Waals surface area contributed by atoms with E-state index in [1.54, 1.807) is 17.1 Å². The molecular weight excluding hydrogens is 371 g/mol. The molecule has 3 rings (SSSR count). The maximum Gasteiger partial charge on any atom is 0.417 e. The lowest BCUT2D eigenvalue weighted by Crippen LogP contribution is -2.28. The van der Waals surface area contributed by atoms with Crippen molar-refractivity contribution in [2.45, 2.75) is 19.1 Å². The molecule has 0 aliphatic heterocycles. The smallest absolute Gasteiger partial charge is 0.354 e. The molecule has 1 amide bonds. The number of hydrogen-bond donors (Lipinski definition) is 1. The summed E-state index contributed by atoms with van der Waals surface area (Å²) in [4.78, 5) is 24.0. The summed E-state index contributed by atoms with van der Waals surface area (Å²) in [5, 5.41) is 2.28. The van der Waals surface area contributed by atoms with Gasteiger partial charge in [0.05, 0.1) is 29.5 Å². The van der Waals surface area contributed by atoms with Crippen LogP contribution in [0.4, 0.5) is 13.2 Å². The van der Waals surface area contributed by atoms with Gasteiger partial charge in [-0.25, -0.2) is 15.0 Å². The van der Waals surface area contributed by atoms with Crippen molar-refractivity contribution in [3.63, 3.8) is 0 Å². The predicted octanol–water partition coefficient (Wildman–Crippen LogP) is 2.86. The maximum atomic E-state index is 12.7. The highest BCUT2D eigenvalue weighted by atomic mass is 35.5. The minimum atomic E-state index is -4.52. The first-order valence-corrected chi connectivity index (χ1v) is 7.95. The van der Waals surface area contributed by atoms with E-state index in [4.69, 9.17) is 11.6 Å². The summed E-state index contributed by atoms with van der Waals surface area (Å²) < 4.78 is 39.8. The Morgan fingerprint density at radius 2 is 2.08 bits per heavy atom. The van der Waals surface area contributed by atoms with Gasteiger partial charge in [0.15, 0.2) is 5.65 Å². The minimum Gasteiger partial charge on any atom is -0.354 e. The fraction of sp³-hybridized carbons (Fsp3) is 0.250. The number of amides is 1. The predicted molar refractivity (Wildman–Crippen MR) is 88.5 cm³/mol. The molecule has 0 saturated carbocycles. The molecule has 26 heavy (non-hydrogen) atoms. The van der Waals surface area contributed by atoms with Crippen LogP contribution in [0.1, 0.15) is 11.1 Å². The lowest BCUT2D eigenvalue weighted by atomic mass is 10.1. The molecular formula is C16H13ClF3N5O. The van der Waals surface area contributed by atoms with Gasteiger partial charge in [0.1, 0.15) is 11.8 Å². The van der Waals surface area contributed by atoms with E-state index in [1.807, 2.05) is 0 Å². The molecule has 10 heteroatoms. The van der Waals surface area contributed by atoms with E-state index in [2.05, 4.69) is 20.3 Å². The molecule has 1 N–H and O–H groups in total. The lowest BCUT2D eigenvalue weighted by Gasteiger charge is -2.11. The Kier molecular flexibility index (Phi) is 5.08. The molecule has 0 aliphatic carbocycles. The zero-order chi connectivity index (χ0) is 18.7. The van der Waals surface area contributed by atoms with Crippen LogP contribution in [0.5, 0.6) is 0 Å². The molecule has 0 saturated heterocycles. The molecule has 0 fully saturated rings. The van der Waals surface area contributed by atoms with Crippen LogP contribution in [-0.4, -0.2) is 32.0 Å². The van der Waals surface area contributed by atoms with E-state index in [9.17, 15) is 18.0 Å². The molecule has 0 atom stereocenters. The van der Waals surface area contributed by atoms with Gasteiger partial charge in [-0.2, -0.15) is 13.2 Å². The Hall–Kier alpha value is -2.68. The van der Waals surface area contributed by atoms with Gasteiger partial charge in [-0.05, 0) is 17.7 Å². The number of nitrogens with zero attached hydrogens (tertiary/aromatic N) is 4. The fourth-order valence-electron chi connectivity index (χ4n) is 2.44. The minimum absolute atomic E-state index is 0.0638. The molecule has 2 aromatic heterocycles. The van der Waals surface area contributed by atoms with Crippen molar-refractivity contribution in [3.05, 3.63) is 53.2 Å². The van der Waals surface area contributed by atoms with Crippen LogP contribution < -0.4 is 5.32 Å². The normalized spacial score (nSPS) is 11.7. The van der Waals surface area contributed by atoms with Crippen molar-refractivity contribution in [2.75, 3.05) is 6.54 Å². The number of carbonyl (C=O) groups excluding carboxylic acids is 1. The van der Waals surface area contributed by atoms with E-state index < -0.39 is 16.8 Å². The number of hydrogen-bond acceptors (Lipinski definition) is 4. The molecule has 0 radical (unpaired) electrons. The lowest BCUT2D eigenvalue weighted by molar-refractivity contribution is -0.137. The quantitative estimate of drug-likeness (QED) is 0.735. The molecule has 0 unspecified atom stereocenters. The number of halogens is 4. The number of benzene rings is 1. The summed E-state index contributed by atoms with van der Waals surface area (Å²) in [6.07, 6.45) is 0.0416. The number of fused-ring (bicyclic) bond motifs is 1. The van der Waals surface area contributed by atoms with Crippen LogP contribution in [0.25, 0.3) is 11.2 Å². The SMILES string of the molecule is O=C(Cc1ccc(C(F)(F)F)c(Cl)c1)NCCn1cnc2ncncc21. The number of aromatic nitrogens is 4. The summed E-state index contributed by atoms with van der Waals surface area (Å²) >= 11 is 5.65. The summed E-state index contributed by atoms with van der Waals surface area (Å²) in [5.41, 5.74) is 0.793. The van der Waals surface area contributed by atoms with Crippen LogP contribution in [-0.2, 0) is 23.9 Å². The monoisotopic (exact) mass is 383 g/mol. The number of carbonyl (C=O) groups is 1. The molecule has 2 heterocycles. The highest BCUT2D eigenvalue weighted by Gasteiger charge is 2.33. The molecule has 3 aromatic rings. The van der Waals surface area contributed by atoms with Crippen LogP contribution in [0.15, 0.2) is 37.1 Å². The van der Waals surface area contributed by atoms with Crippen molar-refractivity contribution < 1.29 is 18.0 Å². The van der Waals surface area contributed by atoms with Crippen molar-refractivity contribution in [1.29, 1.82) is 0 Å². The van der Waals surface area contributed by atoms with Gasteiger partial charge in [-0.1, -0.05) is 17.7 Å². The van der Waals surface area contributed by atoms with Crippen LogP contribution in [0.3, 0.4) is 0 Å². The zero-order valence-corrected chi connectivity index (χ0v) is 14.1. The first kappa shape index (κ1) is 18.1. The van der Waals surface area contributed by atoms with Crippen molar-refractivity contribution in [2.24, 2.45) is 0 Å². The van der Waals surface area contributed by atoms with Crippen LogP contribution >= 0.6 is 11.6 Å². The zero-order valence-electron chi connectivity index (χ0n) is 13.3. The number of rotatable bonds is 5. The Balaban J connectivity index is 1.55. The average molecular weight is 384 g/mol. The second kappa shape index (κ2) is 7.28. The highest BCUT2D eigenvalue weighted by molar-refractivity contribution is 6.31. The summed E-state index contributed by atoms with van der Waals surface area (Å²) in [6.45, 7) is 0.789. The summed E-state index contributed by atoms with van der Waals surface area (Å²) in [7, 11) is 0. The second-order valence-electron chi connectivity index (χ2n) is 5.51. The standard InChI is InChI=1S/C16H13ClF3N5O/c17-12-5-10(1-2-11(12)16(18,19)20)6-14(26)22-3-4-25-9-24-15-13(25)7-21-8-23-15/h1-2,5,7-9H,3-4,6H2,(H,22,26). The van der Waals surface area contributed by atoms with E-state index in [0.29, 0.717) is 24.3 Å². The van der Waals surface area contributed by atoms with Crippen molar-refractivity contribution >= 4 is 28.7 Å². The molecule has 6 nitrogen and oxygen atoms in total. The molecule has 0 bridgehead atoms. The first-order chi connectivity index (χ1) is 12.3. The molecule has 136 valence electrons. The Bertz CT molecular complexity index is 941. The van der Waals surface area contributed by atoms with Crippen LogP contribution in [0.2, 0.25) is 5.02 Å². The van der Waals surface area contributed by atoms with Gasteiger partial charge in [0.25, 0.3) is 0 Å². The maximum absolute atomic E-state index is 12.7. The number of imidazole rings is 1. The second-order valence-corrected chi connectivity index (χ2v) is 5.92. The van der Waals surface area contributed by atoms with E-state index >= 15 is 0 Å². The third-order valence-corrected chi connectivity index (χ3v) is 3.99. The fourth-order valence-corrected chi connectivity index (χ4v) is 2.76. The highest BCUT2D eigenvalue weighted by Crippen LogP contribution is 2.34. The van der Waals surface area contributed by atoms with E-state index in [0.717, 1.165) is 17.6 Å². The van der Waals surface area contributed by atoms with Crippen LogP contribution in [0, 0.1) is 0 Å². The summed E-state index contributed by atoms with van der Waals surface area (Å²) in [5.74, 6) is -0.318. The Labute approximate surface area is 151 Å². The molecule has 0 spiro atoms. The number of alkyl halides is 3. The third-order valence-electron chi connectivity index (χ3n) is 3.68.